The number of piperidine rings is 1. The molecule has 1 atom stereocenters. The van der Waals surface area contributed by atoms with E-state index in [1.54, 1.807) is 0 Å². The molecular formula is C14H22BrClN2. The molecule has 1 aromatic rings. The van der Waals surface area contributed by atoms with Gasteiger partial charge < -0.3 is 5.73 Å². The maximum Gasteiger partial charge on any atom is 0.0245 e. The predicted molar refractivity (Wildman–Crippen MR) is 83.2 cm³/mol. The zero-order valence-corrected chi connectivity index (χ0v) is 13.3. The first kappa shape index (κ1) is 16.0. The fraction of sp³-hybridized carbons (Fsp3) is 0.571. The molecule has 1 aliphatic heterocycles. The minimum absolute atomic E-state index is 0. The van der Waals surface area contributed by atoms with E-state index in [4.69, 9.17) is 5.73 Å². The highest BCUT2D eigenvalue weighted by Crippen LogP contribution is 2.23. The van der Waals surface area contributed by atoms with Gasteiger partial charge in [0.2, 0.25) is 0 Å². The van der Waals surface area contributed by atoms with E-state index in [1.165, 1.54) is 35.0 Å². The van der Waals surface area contributed by atoms with Gasteiger partial charge in [-0.25, -0.2) is 0 Å². The number of likely N-dealkylation sites (tertiary alicyclic amines) is 1. The highest BCUT2D eigenvalue weighted by Gasteiger charge is 2.19. The van der Waals surface area contributed by atoms with Crippen molar-refractivity contribution in [3.05, 3.63) is 33.8 Å². The first-order valence-corrected chi connectivity index (χ1v) is 7.16. The van der Waals surface area contributed by atoms with E-state index in [-0.39, 0.29) is 12.4 Å². The van der Waals surface area contributed by atoms with Crippen LogP contribution in [0.25, 0.3) is 0 Å². The van der Waals surface area contributed by atoms with Gasteiger partial charge >= 0.3 is 0 Å². The molecular weight excluding hydrogens is 312 g/mol. The van der Waals surface area contributed by atoms with Crippen LogP contribution in [0.4, 0.5) is 0 Å². The lowest BCUT2D eigenvalue weighted by atomic mass is 9.98. The summed E-state index contributed by atoms with van der Waals surface area (Å²) in [6, 6.07) is 6.61. The maximum atomic E-state index is 5.77. The van der Waals surface area contributed by atoms with E-state index in [9.17, 15) is 0 Å². The Bertz CT molecular complexity index is 384. The Morgan fingerprint density at radius 2 is 2.22 bits per heavy atom. The van der Waals surface area contributed by atoms with Crippen LogP contribution in [-0.2, 0) is 6.54 Å². The molecule has 1 aliphatic rings. The van der Waals surface area contributed by atoms with Crippen LogP contribution in [-0.4, -0.2) is 24.5 Å². The van der Waals surface area contributed by atoms with Crippen LogP contribution in [0.3, 0.4) is 0 Å². The van der Waals surface area contributed by atoms with E-state index in [0.717, 1.165) is 19.6 Å². The van der Waals surface area contributed by atoms with E-state index >= 15 is 0 Å². The molecule has 1 unspecified atom stereocenters. The van der Waals surface area contributed by atoms with Gasteiger partial charge in [-0.05, 0) is 56.0 Å². The van der Waals surface area contributed by atoms with Crippen LogP contribution in [0.15, 0.2) is 22.7 Å². The number of benzene rings is 1. The van der Waals surface area contributed by atoms with Gasteiger partial charge in [-0.3, -0.25) is 4.90 Å². The topological polar surface area (TPSA) is 29.3 Å². The van der Waals surface area contributed by atoms with Crippen molar-refractivity contribution in [2.75, 3.05) is 19.6 Å². The van der Waals surface area contributed by atoms with Crippen LogP contribution in [0, 0.1) is 12.8 Å². The van der Waals surface area contributed by atoms with Gasteiger partial charge in [-0.1, -0.05) is 28.1 Å². The Kier molecular flexibility index (Phi) is 6.64. The number of aryl methyl sites for hydroxylation is 1. The van der Waals surface area contributed by atoms with E-state index in [1.807, 2.05) is 0 Å². The van der Waals surface area contributed by atoms with Crippen molar-refractivity contribution in [2.45, 2.75) is 26.3 Å². The quantitative estimate of drug-likeness (QED) is 0.919. The molecule has 4 heteroatoms. The second-order valence-electron chi connectivity index (χ2n) is 5.07. The van der Waals surface area contributed by atoms with Crippen molar-refractivity contribution in [1.82, 2.24) is 4.90 Å². The fourth-order valence-corrected chi connectivity index (χ4v) is 3.13. The summed E-state index contributed by atoms with van der Waals surface area (Å²) in [5.74, 6) is 0.688. The Morgan fingerprint density at radius 3 is 2.89 bits per heavy atom. The summed E-state index contributed by atoms with van der Waals surface area (Å²) in [5, 5.41) is 0. The summed E-state index contributed by atoms with van der Waals surface area (Å²) >= 11 is 3.65. The number of halogens is 2. The Labute approximate surface area is 124 Å². The Morgan fingerprint density at radius 1 is 1.44 bits per heavy atom. The maximum absolute atomic E-state index is 5.77. The second-order valence-corrected chi connectivity index (χ2v) is 5.93. The standard InChI is InChI=1S/C14H21BrN2.ClH/c1-11-4-5-13(14(15)7-11)10-17-6-2-3-12(8-16)9-17;/h4-5,7,12H,2-3,6,8-10,16H2,1H3;1H. The molecule has 0 bridgehead atoms. The van der Waals surface area contributed by atoms with Crippen LogP contribution in [0.1, 0.15) is 24.0 Å². The molecule has 1 saturated heterocycles. The lowest BCUT2D eigenvalue weighted by molar-refractivity contribution is 0.171. The van der Waals surface area contributed by atoms with E-state index < -0.39 is 0 Å². The first-order chi connectivity index (χ1) is 8.19. The largest absolute Gasteiger partial charge is 0.330 e. The summed E-state index contributed by atoms with van der Waals surface area (Å²) in [7, 11) is 0. The fourth-order valence-electron chi connectivity index (χ4n) is 2.51. The normalized spacial score (nSPS) is 20.5. The predicted octanol–water partition coefficient (Wildman–Crippen LogP) is 3.35. The summed E-state index contributed by atoms with van der Waals surface area (Å²) < 4.78 is 1.23. The lowest BCUT2D eigenvalue weighted by Gasteiger charge is -2.32. The van der Waals surface area contributed by atoms with Gasteiger partial charge in [-0.2, -0.15) is 0 Å². The molecule has 0 radical (unpaired) electrons. The third-order valence-corrected chi connectivity index (χ3v) is 4.28. The molecule has 0 amide bonds. The molecule has 0 aromatic heterocycles. The molecule has 1 aromatic carbocycles. The van der Waals surface area contributed by atoms with Crippen LogP contribution in [0.2, 0.25) is 0 Å². The molecule has 0 aliphatic carbocycles. The first-order valence-electron chi connectivity index (χ1n) is 6.36. The van der Waals surface area contributed by atoms with Crippen molar-refractivity contribution in [3.8, 4) is 0 Å². The van der Waals surface area contributed by atoms with Gasteiger partial charge in [0, 0.05) is 17.6 Å². The minimum Gasteiger partial charge on any atom is -0.330 e. The van der Waals surface area contributed by atoms with Crippen molar-refractivity contribution in [2.24, 2.45) is 11.7 Å². The van der Waals surface area contributed by atoms with E-state index in [0.29, 0.717) is 5.92 Å². The Hall–Kier alpha value is -0.0900. The SMILES string of the molecule is Cc1ccc(CN2CCCC(CN)C2)c(Br)c1.Cl. The molecule has 2 N–H and O–H groups in total. The average molecular weight is 334 g/mol. The minimum atomic E-state index is 0. The van der Waals surface area contributed by atoms with Gasteiger partial charge in [0.25, 0.3) is 0 Å². The van der Waals surface area contributed by atoms with Crippen molar-refractivity contribution >= 4 is 28.3 Å². The third kappa shape index (κ3) is 4.23. The smallest absolute Gasteiger partial charge is 0.0245 e. The number of nitrogens with zero attached hydrogens (tertiary/aromatic N) is 1. The molecule has 2 nitrogen and oxygen atoms in total. The number of rotatable bonds is 3. The van der Waals surface area contributed by atoms with Gasteiger partial charge in [0.05, 0.1) is 0 Å². The van der Waals surface area contributed by atoms with Crippen molar-refractivity contribution in [1.29, 1.82) is 0 Å². The van der Waals surface area contributed by atoms with Crippen LogP contribution in [0.5, 0.6) is 0 Å². The average Bonchev–Trinajstić information content (AvgIpc) is 2.33. The van der Waals surface area contributed by atoms with Gasteiger partial charge in [0.15, 0.2) is 0 Å². The number of nitrogens with two attached hydrogens (primary N) is 1. The highest BCUT2D eigenvalue weighted by atomic mass is 79.9. The number of hydrogen-bond acceptors (Lipinski definition) is 2. The highest BCUT2D eigenvalue weighted by molar-refractivity contribution is 9.10. The van der Waals surface area contributed by atoms with Gasteiger partial charge in [-0.15, -0.1) is 12.4 Å². The summed E-state index contributed by atoms with van der Waals surface area (Å²) in [6.07, 6.45) is 2.58. The number of hydrogen-bond donors (Lipinski definition) is 1. The van der Waals surface area contributed by atoms with Crippen LogP contribution < -0.4 is 5.73 Å². The lowest BCUT2D eigenvalue weighted by Crippen LogP contribution is -2.37. The molecule has 0 spiro atoms. The molecule has 2 rings (SSSR count). The Balaban J connectivity index is 0.00000162. The zero-order valence-electron chi connectivity index (χ0n) is 10.9. The monoisotopic (exact) mass is 332 g/mol. The van der Waals surface area contributed by atoms with E-state index in [2.05, 4.69) is 46.0 Å². The second kappa shape index (κ2) is 7.49. The van der Waals surface area contributed by atoms with Crippen molar-refractivity contribution < 1.29 is 0 Å². The molecule has 18 heavy (non-hydrogen) atoms. The summed E-state index contributed by atoms with van der Waals surface area (Å²) in [4.78, 5) is 2.52. The zero-order chi connectivity index (χ0) is 12.3. The van der Waals surface area contributed by atoms with Gasteiger partial charge in [0.1, 0.15) is 0 Å². The van der Waals surface area contributed by atoms with Crippen molar-refractivity contribution in [3.63, 3.8) is 0 Å². The molecule has 1 fully saturated rings. The summed E-state index contributed by atoms with van der Waals surface area (Å²) in [5.41, 5.74) is 8.46. The summed E-state index contributed by atoms with van der Waals surface area (Å²) in [6.45, 7) is 6.34. The van der Waals surface area contributed by atoms with Crippen LogP contribution >= 0.6 is 28.3 Å². The molecule has 0 saturated carbocycles. The molecule has 1 heterocycles. The third-order valence-electron chi connectivity index (χ3n) is 3.54. The molecule has 102 valence electrons.